The Balaban J connectivity index is 0.00000364. The van der Waals surface area contributed by atoms with E-state index in [0.29, 0.717) is 6.54 Å². The molecule has 2 rings (SSSR count). The Labute approximate surface area is 167 Å². The average molecular weight is 420 g/mol. The molecule has 1 aromatic carbocycles. The van der Waals surface area contributed by atoms with Gasteiger partial charge in [0.15, 0.2) is 0 Å². The second kappa shape index (κ2) is 10.3. The molecule has 0 aliphatic heterocycles. The van der Waals surface area contributed by atoms with Crippen molar-refractivity contribution in [1.29, 1.82) is 0 Å². The first-order chi connectivity index (χ1) is 12.3. The molecule has 0 saturated heterocycles. The Morgan fingerprint density at radius 2 is 1.96 bits per heavy atom. The number of hydrogen-bond acceptors (Lipinski definition) is 5. The summed E-state index contributed by atoms with van der Waals surface area (Å²) in [5.41, 5.74) is 6.11. The predicted octanol–water partition coefficient (Wildman–Crippen LogP) is 2.05. The number of benzene rings is 1. The van der Waals surface area contributed by atoms with Gasteiger partial charge in [0.05, 0.1) is 7.11 Å². The van der Waals surface area contributed by atoms with Crippen LogP contribution in [0, 0.1) is 5.92 Å². The van der Waals surface area contributed by atoms with Crippen molar-refractivity contribution in [3.63, 3.8) is 0 Å². The lowest BCUT2D eigenvalue weighted by Gasteiger charge is -2.31. The van der Waals surface area contributed by atoms with E-state index in [1.165, 1.54) is 19.2 Å². The van der Waals surface area contributed by atoms with E-state index in [2.05, 4.69) is 10.0 Å². The maximum Gasteiger partial charge on any atom is 0.251 e. The molecule has 0 aromatic heterocycles. The second-order valence-electron chi connectivity index (χ2n) is 7.00. The van der Waals surface area contributed by atoms with Crippen molar-refractivity contribution in [2.24, 2.45) is 11.7 Å². The van der Waals surface area contributed by atoms with E-state index in [4.69, 9.17) is 10.5 Å². The molecule has 1 aromatic rings. The fraction of sp³-hybridized carbons (Fsp3) is 0.611. The highest BCUT2D eigenvalue weighted by atomic mass is 35.5. The van der Waals surface area contributed by atoms with Crippen molar-refractivity contribution in [1.82, 2.24) is 10.0 Å². The molecule has 0 radical (unpaired) electrons. The molecule has 9 heteroatoms. The Morgan fingerprint density at radius 1 is 1.30 bits per heavy atom. The van der Waals surface area contributed by atoms with Crippen LogP contribution in [0.3, 0.4) is 0 Å². The predicted molar refractivity (Wildman–Crippen MR) is 108 cm³/mol. The van der Waals surface area contributed by atoms with E-state index in [1.807, 2.05) is 0 Å². The molecule has 0 bridgehead atoms. The van der Waals surface area contributed by atoms with Crippen molar-refractivity contribution < 1.29 is 17.9 Å². The summed E-state index contributed by atoms with van der Waals surface area (Å²) in [6.45, 7) is 4.00. The van der Waals surface area contributed by atoms with Crippen LogP contribution in [0.2, 0.25) is 0 Å². The number of hydrogen-bond donors (Lipinski definition) is 3. The third kappa shape index (κ3) is 6.07. The Morgan fingerprint density at radius 3 is 2.56 bits per heavy atom. The summed E-state index contributed by atoms with van der Waals surface area (Å²) in [7, 11) is -2.38. The van der Waals surface area contributed by atoms with E-state index in [0.717, 1.165) is 25.7 Å². The lowest BCUT2D eigenvalue weighted by molar-refractivity contribution is 0.0908. The van der Waals surface area contributed by atoms with Crippen LogP contribution < -0.4 is 20.5 Å². The van der Waals surface area contributed by atoms with E-state index < -0.39 is 10.0 Å². The minimum Gasteiger partial charge on any atom is -0.495 e. The van der Waals surface area contributed by atoms with Crippen molar-refractivity contribution in [3.8, 4) is 5.75 Å². The van der Waals surface area contributed by atoms with Gasteiger partial charge in [-0.2, -0.15) is 0 Å². The van der Waals surface area contributed by atoms with Crippen LogP contribution in [0.15, 0.2) is 23.1 Å². The van der Waals surface area contributed by atoms with Gasteiger partial charge in [-0.1, -0.05) is 12.8 Å². The van der Waals surface area contributed by atoms with E-state index >= 15 is 0 Å². The quantitative estimate of drug-likeness (QED) is 0.626. The van der Waals surface area contributed by atoms with Crippen LogP contribution in [0.4, 0.5) is 0 Å². The molecule has 27 heavy (non-hydrogen) atoms. The first-order valence-electron chi connectivity index (χ1n) is 8.99. The minimum absolute atomic E-state index is 0. The second-order valence-corrected chi connectivity index (χ2v) is 8.68. The fourth-order valence-corrected chi connectivity index (χ4v) is 4.78. The van der Waals surface area contributed by atoms with E-state index in [1.54, 1.807) is 19.9 Å². The maximum atomic E-state index is 12.7. The summed E-state index contributed by atoms with van der Waals surface area (Å²) >= 11 is 0. The number of nitrogens with two attached hydrogens (primary N) is 1. The van der Waals surface area contributed by atoms with Gasteiger partial charge >= 0.3 is 0 Å². The standard InChI is InChI=1S/C18H29N3O4S.ClH/c1-12(2)21-26(23,24)17-10-13(8-9-16(17)25-3)18(22)20-15-7-5-4-6-14(15)11-19;/h8-10,12,14-15,21H,4-7,11,19H2,1-3H3,(H,20,22);1H. The highest BCUT2D eigenvalue weighted by molar-refractivity contribution is 7.89. The maximum absolute atomic E-state index is 12.7. The molecular formula is C18H30ClN3O4S. The minimum atomic E-state index is -3.78. The molecule has 1 aliphatic rings. The zero-order valence-electron chi connectivity index (χ0n) is 16.0. The van der Waals surface area contributed by atoms with Crippen LogP contribution in [0.5, 0.6) is 5.75 Å². The number of rotatable bonds is 7. The number of amides is 1. The molecular weight excluding hydrogens is 390 g/mol. The van der Waals surface area contributed by atoms with E-state index in [-0.39, 0.29) is 52.5 Å². The van der Waals surface area contributed by atoms with Crippen molar-refractivity contribution in [3.05, 3.63) is 23.8 Å². The van der Waals surface area contributed by atoms with Crippen LogP contribution in [-0.2, 0) is 10.0 Å². The number of methoxy groups -OCH3 is 1. The summed E-state index contributed by atoms with van der Waals surface area (Å²) < 4.78 is 32.8. The lowest BCUT2D eigenvalue weighted by Crippen LogP contribution is -2.44. The number of ether oxygens (including phenoxy) is 1. The van der Waals surface area contributed by atoms with Gasteiger partial charge in [-0.15, -0.1) is 12.4 Å². The molecule has 1 saturated carbocycles. The highest BCUT2D eigenvalue weighted by Crippen LogP contribution is 2.27. The number of carbonyl (C=O) groups excluding carboxylic acids is 1. The number of nitrogens with one attached hydrogen (secondary N) is 2. The summed E-state index contributed by atoms with van der Waals surface area (Å²) in [5.74, 6) is 0.169. The fourth-order valence-electron chi connectivity index (χ4n) is 3.33. The number of carbonyl (C=O) groups is 1. The largest absolute Gasteiger partial charge is 0.495 e. The molecule has 2 atom stereocenters. The summed E-state index contributed by atoms with van der Waals surface area (Å²) in [6.07, 6.45) is 4.08. The Hall–Kier alpha value is -1.35. The topological polar surface area (TPSA) is 111 Å². The van der Waals surface area contributed by atoms with Crippen LogP contribution in [0.25, 0.3) is 0 Å². The number of halogens is 1. The van der Waals surface area contributed by atoms with Crippen LogP contribution in [0.1, 0.15) is 49.9 Å². The van der Waals surface area contributed by atoms with Gasteiger partial charge in [0.1, 0.15) is 10.6 Å². The third-order valence-corrected chi connectivity index (χ3v) is 6.31. The van der Waals surface area contributed by atoms with Crippen LogP contribution >= 0.6 is 12.4 Å². The average Bonchev–Trinajstić information content (AvgIpc) is 2.60. The molecule has 1 amide bonds. The molecule has 0 heterocycles. The zero-order valence-corrected chi connectivity index (χ0v) is 17.7. The van der Waals surface area contributed by atoms with Gasteiger partial charge in [-0.05, 0) is 57.4 Å². The lowest BCUT2D eigenvalue weighted by atomic mass is 9.84. The molecule has 7 nitrogen and oxygen atoms in total. The molecule has 2 unspecified atom stereocenters. The van der Waals surface area contributed by atoms with Gasteiger partial charge in [0.2, 0.25) is 10.0 Å². The summed E-state index contributed by atoms with van der Waals surface area (Å²) in [4.78, 5) is 12.6. The van der Waals surface area contributed by atoms with Crippen LogP contribution in [-0.4, -0.2) is 40.1 Å². The SMILES string of the molecule is COc1ccc(C(=O)NC2CCCCC2CN)cc1S(=O)(=O)NC(C)C.Cl. The first-order valence-corrected chi connectivity index (χ1v) is 10.5. The van der Waals surface area contributed by atoms with Crippen molar-refractivity contribution in [2.45, 2.75) is 56.5 Å². The van der Waals surface area contributed by atoms with Gasteiger partial charge in [0, 0.05) is 17.6 Å². The van der Waals surface area contributed by atoms with Crippen molar-refractivity contribution in [2.75, 3.05) is 13.7 Å². The smallest absolute Gasteiger partial charge is 0.251 e. The number of sulfonamides is 1. The summed E-state index contributed by atoms with van der Waals surface area (Å²) in [5, 5.41) is 3.02. The Kier molecular flexibility index (Phi) is 9.01. The van der Waals surface area contributed by atoms with Gasteiger partial charge in [-0.25, -0.2) is 13.1 Å². The monoisotopic (exact) mass is 419 g/mol. The van der Waals surface area contributed by atoms with Crippen molar-refractivity contribution >= 4 is 28.3 Å². The normalized spacial score (nSPS) is 20.0. The molecule has 154 valence electrons. The van der Waals surface area contributed by atoms with E-state index in [9.17, 15) is 13.2 Å². The Bertz CT molecular complexity index is 740. The van der Waals surface area contributed by atoms with Gasteiger partial charge < -0.3 is 15.8 Å². The first kappa shape index (κ1) is 23.7. The van der Waals surface area contributed by atoms with Gasteiger partial charge in [-0.3, -0.25) is 4.79 Å². The molecule has 1 aliphatic carbocycles. The molecule has 0 spiro atoms. The van der Waals surface area contributed by atoms with Gasteiger partial charge in [0.25, 0.3) is 5.91 Å². The molecule has 1 fully saturated rings. The summed E-state index contributed by atoms with van der Waals surface area (Å²) in [6, 6.07) is 4.19. The third-order valence-electron chi connectivity index (χ3n) is 4.63. The molecule has 4 N–H and O–H groups in total. The zero-order chi connectivity index (χ0) is 19.3. The highest BCUT2D eigenvalue weighted by Gasteiger charge is 2.27.